The normalized spacial score (nSPS) is 29.2. The maximum Gasteiger partial charge on any atom is 0.317 e. The molecule has 6 nitrogen and oxygen atoms in total. The van der Waals surface area contributed by atoms with Crippen LogP contribution in [-0.2, 0) is 9.53 Å². The van der Waals surface area contributed by atoms with Gasteiger partial charge in [-0.2, -0.15) is 0 Å². The van der Waals surface area contributed by atoms with Gasteiger partial charge in [0.2, 0.25) is 0 Å². The molecule has 0 spiro atoms. The summed E-state index contributed by atoms with van der Waals surface area (Å²) in [4.78, 5) is 24.8. The van der Waals surface area contributed by atoms with Crippen LogP contribution >= 0.6 is 0 Å². The molecule has 0 aromatic heterocycles. The lowest BCUT2D eigenvalue weighted by molar-refractivity contribution is -0.142. The molecule has 2 atom stereocenters. The number of carbonyl (C=O) groups is 2. The second kappa shape index (κ2) is 5.99. The van der Waals surface area contributed by atoms with Crippen molar-refractivity contribution in [2.24, 2.45) is 17.3 Å². The van der Waals surface area contributed by atoms with Gasteiger partial charge < -0.3 is 20.1 Å². The van der Waals surface area contributed by atoms with Crippen LogP contribution in [0.3, 0.4) is 0 Å². The summed E-state index contributed by atoms with van der Waals surface area (Å²) in [7, 11) is 0. The molecule has 2 N–H and O–H groups in total. The van der Waals surface area contributed by atoms with Gasteiger partial charge in [0.05, 0.1) is 5.92 Å². The van der Waals surface area contributed by atoms with E-state index < -0.39 is 11.9 Å². The van der Waals surface area contributed by atoms with Gasteiger partial charge in [0.1, 0.15) is 0 Å². The average Bonchev–Trinajstić information content (AvgIpc) is 2.79. The smallest absolute Gasteiger partial charge is 0.317 e. The maximum absolute atomic E-state index is 12.1. The topological polar surface area (TPSA) is 78.9 Å². The van der Waals surface area contributed by atoms with Crippen LogP contribution in [0.5, 0.6) is 0 Å². The number of hydrogen-bond acceptors (Lipinski definition) is 3. The van der Waals surface area contributed by atoms with Gasteiger partial charge in [0.25, 0.3) is 0 Å². The summed E-state index contributed by atoms with van der Waals surface area (Å²) in [6.07, 6.45) is 1.89. The molecule has 2 heterocycles. The molecular formula is C14H24N2O4. The van der Waals surface area contributed by atoms with Crippen LogP contribution in [-0.4, -0.2) is 54.9 Å². The Bertz CT molecular complexity index is 379. The zero-order valence-electron chi connectivity index (χ0n) is 12.2. The van der Waals surface area contributed by atoms with E-state index in [1.807, 2.05) is 6.92 Å². The Kier molecular flexibility index (Phi) is 4.52. The first-order valence-corrected chi connectivity index (χ1v) is 7.25. The van der Waals surface area contributed by atoms with Crippen LogP contribution in [0.25, 0.3) is 0 Å². The fourth-order valence-electron chi connectivity index (χ4n) is 2.90. The molecule has 0 aliphatic carbocycles. The zero-order valence-corrected chi connectivity index (χ0v) is 12.2. The quantitative estimate of drug-likeness (QED) is 0.815. The highest BCUT2D eigenvalue weighted by Crippen LogP contribution is 2.29. The van der Waals surface area contributed by atoms with Crippen molar-refractivity contribution in [3.05, 3.63) is 0 Å². The Labute approximate surface area is 119 Å². The second-order valence-electron chi connectivity index (χ2n) is 6.41. The van der Waals surface area contributed by atoms with Crippen LogP contribution in [0.15, 0.2) is 0 Å². The highest BCUT2D eigenvalue weighted by atomic mass is 16.5. The molecule has 0 saturated carbocycles. The molecule has 0 aromatic rings. The van der Waals surface area contributed by atoms with Gasteiger partial charge >= 0.3 is 12.0 Å². The first-order chi connectivity index (χ1) is 9.41. The number of urea groups is 1. The summed E-state index contributed by atoms with van der Waals surface area (Å²) in [5, 5.41) is 12.0. The van der Waals surface area contributed by atoms with Gasteiger partial charge in [-0.1, -0.05) is 13.8 Å². The minimum absolute atomic E-state index is 0.0110. The van der Waals surface area contributed by atoms with E-state index in [4.69, 9.17) is 9.84 Å². The van der Waals surface area contributed by atoms with Crippen molar-refractivity contribution in [3.63, 3.8) is 0 Å². The van der Waals surface area contributed by atoms with E-state index in [2.05, 4.69) is 12.2 Å². The molecule has 114 valence electrons. The molecule has 2 fully saturated rings. The average molecular weight is 284 g/mol. The third-order valence-corrected chi connectivity index (χ3v) is 4.58. The Balaban J connectivity index is 1.82. The maximum atomic E-state index is 12.1. The highest BCUT2D eigenvalue weighted by molar-refractivity contribution is 5.77. The standard InChI is InChI=1S/C14H24N2O4/c1-10-7-16(8-11(10)12(17)18)13(19)15-9-14(2)3-5-20-6-4-14/h10-11H,3-9H2,1-2H3,(H,15,19)(H,17,18)/t10-,11-/m1/s1. The number of carboxylic acid groups (broad SMARTS) is 1. The molecule has 2 amide bonds. The lowest BCUT2D eigenvalue weighted by atomic mass is 9.82. The van der Waals surface area contributed by atoms with E-state index in [-0.39, 0.29) is 17.4 Å². The van der Waals surface area contributed by atoms with E-state index in [0.717, 1.165) is 26.1 Å². The summed E-state index contributed by atoms with van der Waals surface area (Å²) in [5.74, 6) is -1.25. The molecular weight excluding hydrogens is 260 g/mol. The highest BCUT2D eigenvalue weighted by Gasteiger charge is 2.37. The molecule has 0 radical (unpaired) electrons. The van der Waals surface area contributed by atoms with Crippen molar-refractivity contribution in [3.8, 4) is 0 Å². The van der Waals surface area contributed by atoms with Crippen LogP contribution in [0.2, 0.25) is 0 Å². The first-order valence-electron chi connectivity index (χ1n) is 7.25. The Morgan fingerprint density at radius 2 is 2.00 bits per heavy atom. The number of carboxylic acids is 1. The number of hydrogen-bond donors (Lipinski definition) is 2. The van der Waals surface area contributed by atoms with Crippen LogP contribution in [0.4, 0.5) is 4.79 Å². The molecule has 0 bridgehead atoms. The van der Waals surface area contributed by atoms with Crippen molar-refractivity contribution in [2.45, 2.75) is 26.7 Å². The summed E-state index contributed by atoms with van der Waals surface area (Å²) in [6, 6.07) is -0.145. The van der Waals surface area contributed by atoms with Gasteiger partial charge in [-0.05, 0) is 24.2 Å². The molecule has 20 heavy (non-hydrogen) atoms. The number of likely N-dealkylation sites (tertiary alicyclic amines) is 1. The number of amides is 2. The summed E-state index contributed by atoms with van der Waals surface area (Å²) in [5.41, 5.74) is 0.0887. The minimum Gasteiger partial charge on any atom is -0.481 e. The van der Waals surface area contributed by atoms with Gasteiger partial charge in [0, 0.05) is 32.8 Å². The summed E-state index contributed by atoms with van der Waals surface area (Å²) >= 11 is 0. The number of ether oxygens (including phenoxy) is 1. The lowest BCUT2D eigenvalue weighted by Gasteiger charge is -2.34. The molecule has 2 saturated heterocycles. The third-order valence-electron chi connectivity index (χ3n) is 4.58. The van der Waals surface area contributed by atoms with Gasteiger partial charge in [-0.3, -0.25) is 4.79 Å². The number of nitrogens with zero attached hydrogens (tertiary/aromatic N) is 1. The third kappa shape index (κ3) is 3.42. The fraction of sp³-hybridized carbons (Fsp3) is 0.857. The van der Waals surface area contributed by atoms with Crippen molar-refractivity contribution in [1.82, 2.24) is 10.2 Å². The van der Waals surface area contributed by atoms with Crippen LogP contribution in [0, 0.1) is 17.3 Å². The Morgan fingerprint density at radius 1 is 1.35 bits per heavy atom. The Hall–Kier alpha value is -1.30. The van der Waals surface area contributed by atoms with E-state index in [1.54, 1.807) is 4.90 Å². The molecule has 6 heteroatoms. The van der Waals surface area contributed by atoms with E-state index in [0.29, 0.717) is 19.6 Å². The summed E-state index contributed by atoms with van der Waals surface area (Å²) in [6.45, 7) is 6.97. The molecule has 2 aliphatic rings. The van der Waals surface area contributed by atoms with E-state index >= 15 is 0 Å². The fourth-order valence-corrected chi connectivity index (χ4v) is 2.90. The number of aliphatic carboxylic acids is 1. The Morgan fingerprint density at radius 3 is 2.55 bits per heavy atom. The van der Waals surface area contributed by atoms with Crippen LogP contribution < -0.4 is 5.32 Å². The molecule has 2 aliphatic heterocycles. The number of rotatable bonds is 3. The predicted octanol–water partition coefficient (Wildman–Crippen LogP) is 1.17. The van der Waals surface area contributed by atoms with Gasteiger partial charge in [0.15, 0.2) is 0 Å². The van der Waals surface area contributed by atoms with Crippen LogP contribution in [0.1, 0.15) is 26.7 Å². The first kappa shape index (κ1) is 15.1. The second-order valence-corrected chi connectivity index (χ2v) is 6.41. The number of nitrogens with one attached hydrogen (secondary N) is 1. The molecule has 0 aromatic carbocycles. The van der Waals surface area contributed by atoms with Crippen molar-refractivity contribution in [1.29, 1.82) is 0 Å². The van der Waals surface area contributed by atoms with Gasteiger partial charge in [-0.25, -0.2) is 4.79 Å². The lowest BCUT2D eigenvalue weighted by Crippen LogP contribution is -2.45. The largest absolute Gasteiger partial charge is 0.481 e. The van der Waals surface area contributed by atoms with Crippen molar-refractivity contribution >= 4 is 12.0 Å². The molecule has 0 unspecified atom stereocenters. The van der Waals surface area contributed by atoms with Crippen molar-refractivity contribution < 1.29 is 19.4 Å². The zero-order chi connectivity index (χ0) is 14.8. The SMILES string of the molecule is C[C@@H]1CN(C(=O)NCC2(C)CCOCC2)C[C@H]1C(=O)O. The summed E-state index contributed by atoms with van der Waals surface area (Å²) < 4.78 is 5.34. The van der Waals surface area contributed by atoms with Gasteiger partial charge in [-0.15, -0.1) is 0 Å². The predicted molar refractivity (Wildman–Crippen MR) is 73.4 cm³/mol. The number of carbonyl (C=O) groups excluding carboxylic acids is 1. The van der Waals surface area contributed by atoms with E-state index in [1.165, 1.54) is 0 Å². The monoisotopic (exact) mass is 284 g/mol. The van der Waals surface area contributed by atoms with Crippen molar-refractivity contribution in [2.75, 3.05) is 32.8 Å². The van der Waals surface area contributed by atoms with E-state index in [9.17, 15) is 9.59 Å². The molecule has 2 rings (SSSR count). The minimum atomic E-state index is -0.816.